The highest BCUT2D eigenvalue weighted by atomic mass is 15.3. The van der Waals surface area contributed by atoms with E-state index in [0.29, 0.717) is 5.92 Å². The molecule has 3 rings (SSSR count). The van der Waals surface area contributed by atoms with Crippen LogP contribution in [0.15, 0.2) is 36.5 Å². The van der Waals surface area contributed by atoms with Gasteiger partial charge in [-0.1, -0.05) is 25.1 Å². The zero-order valence-corrected chi connectivity index (χ0v) is 12.7. The number of fused-ring (bicyclic) bond motifs is 1. The van der Waals surface area contributed by atoms with E-state index < -0.39 is 0 Å². The summed E-state index contributed by atoms with van der Waals surface area (Å²) in [5.74, 6) is 0.582. The Morgan fingerprint density at radius 2 is 1.90 bits per heavy atom. The van der Waals surface area contributed by atoms with Gasteiger partial charge in [-0.3, -0.25) is 9.88 Å². The number of hydrogen-bond donors (Lipinski definition) is 1. The number of hydrogen-bond acceptors (Lipinski definition) is 4. The Labute approximate surface area is 126 Å². The Kier molecular flexibility index (Phi) is 4.36. The molecule has 1 aliphatic heterocycles. The van der Waals surface area contributed by atoms with E-state index in [1.807, 2.05) is 12.3 Å². The highest BCUT2D eigenvalue weighted by molar-refractivity contribution is 5.91. The van der Waals surface area contributed by atoms with Crippen molar-refractivity contribution in [3.8, 4) is 0 Å². The van der Waals surface area contributed by atoms with Crippen LogP contribution in [0.5, 0.6) is 0 Å². The molecule has 0 bridgehead atoms. The molecule has 4 nitrogen and oxygen atoms in total. The minimum Gasteiger partial charge on any atom is -0.368 e. The summed E-state index contributed by atoms with van der Waals surface area (Å²) in [4.78, 5) is 9.46. The van der Waals surface area contributed by atoms with Crippen LogP contribution in [-0.2, 0) is 0 Å². The molecule has 0 amide bonds. The SMILES string of the molecule is CC(CN)CN1CCN(c2ccnc3ccccc23)CC1. The average Bonchev–Trinajstić information content (AvgIpc) is 2.55. The first-order chi connectivity index (χ1) is 10.3. The second-order valence-corrected chi connectivity index (χ2v) is 5.98. The van der Waals surface area contributed by atoms with Gasteiger partial charge in [0.1, 0.15) is 0 Å². The summed E-state index contributed by atoms with van der Waals surface area (Å²) in [6, 6.07) is 10.5. The summed E-state index contributed by atoms with van der Waals surface area (Å²) in [5, 5.41) is 1.25. The Balaban J connectivity index is 1.71. The molecule has 1 aliphatic rings. The zero-order valence-electron chi connectivity index (χ0n) is 12.7. The van der Waals surface area contributed by atoms with Crippen LogP contribution in [0.1, 0.15) is 6.92 Å². The van der Waals surface area contributed by atoms with Gasteiger partial charge in [-0.05, 0) is 24.6 Å². The molecule has 21 heavy (non-hydrogen) atoms. The van der Waals surface area contributed by atoms with Gasteiger partial charge in [0.25, 0.3) is 0 Å². The van der Waals surface area contributed by atoms with Crippen molar-refractivity contribution in [2.75, 3.05) is 44.2 Å². The molecule has 1 fully saturated rings. The fourth-order valence-electron chi connectivity index (χ4n) is 3.04. The zero-order chi connectivity index (χ0) is 14.7. The maximum atomic E-state index is 5.73. The summed E-state index contributed by atoms with van der Waals surface area (Å²) in [7, 11) is 0. The molecule has 1 aromatic heterocycles. The normalized spacial score (nSPS) is 18.1. The molecule has 1 unspecified atom stereocenters. The third kappa shape index (κ3) is 3.17. The van der Waals surface area contributed by atoms with Crippen LogP contribution < -0.4 is 10.6 Å². The van der Waals surface area contributed by atoms with E-state index in [4.69, 9.17) is 5.73 Å². The molecular weight excluding hydrogens is 260 g/mol. The topological polar surface area (TPSA) is 45.4 Å². The van der Waals surface area contributed by atoms with Gasteiger partial charge in [0.15, 0.2) is 0 Å². The molecule has 2 aromatic rings. The molecule has 0 radical (unpaired) electrons. The van der Waals surface area contributed by atoms with Gasteiger partial charge in [0, 0.05) is 50.0 Å². The van der Waals surface area contributed by atoms with Gasteiger partial charge in [-0.25, -0.2) is 0 Å². The molecular formula is C17H24N4. The summed E-state index contributed by atoms with van der Waals surface area (Å²) < 4.78 is 0. The lowest BCUT2D eigenvalue weighted by molar-refractivity contribution is 0.227. The van der Waals surface area contributed by atoms with Crippen molar-refractivity contribution in [3.63, 3.8) is 0 Å². The Hall–Kier alpha value is -1.65. The minimum atomic E-state index is 0.582. The van der Waals surface area contributed by atoms with E-state index in [-0.39, 0.29) is 0 Å². The predicted octanol–water partition coefficient (Wildman–Crippen LogP) is 1.95. The average molecular weight is 284 g/mol. The third-order valence-electron chi connectivity index (χ3n) is 4.31. The van der Waals surface area contributed by atoms with Crippen molar-refractivity contribution in [3.05, 3.63) is 36.5 Å². The monoisotopic (exact) mass is 284 g/mol. The Morgan fingerprint density at radius 1 is 1.14 bits per heavy atom. The number of anilines is 1. The number of benzene rings is 1. The molecule has 112 valence electrons. The van der Waals surface area contributed by atoms with Gasteiger partial charge >= 0.3 is 0 Å². The van der Waals surface area contributed by atoms with Crippen molar-refractivity contribution in [2.24, 2.45) is 11.7 Å². The highest BCUT2D eigenvalue weighted by Gasteiger charge is 2.19. The molecule has 1 atom stereocenters. The largest absolute Gasteiger partial charge is 0.368 e. The first-order valence-electron chi connectivity index (χ1n) is 7.79. The fraction of sp³-hybridized carbons (Fsp3) is 0.471. The van der Waals surface area contributed by atoms with Crippen LogP contribution in [0, 0.1) is 5.92 Å². The predicted molar refractivity (Wildman–Crippen MR) is 88.6 cm³/mol. The molecule has 2 heterocycles. The van der Waals surface area contributed by atoms with Gasteiger partial charge in [0.05, 0.1) is 5.52 Å². The van der Waals surface area contributed by atoms with Gasteiger partial charge in [0.2, 0.25) is 0 Å². The van der Waals surface area contributed by atoms with Crippen LogP contribution in [0.25, 0.3) is 10.9 Å². The summed E-state index contributed by atoms with van der Waals surface area (Å²) in [6.45, 7) is 8.48. The van der Waals surface area contributed by atoms with Crippen molar-refractivity contribution < 1.29 is 0 Å². The smallest absolute Gasteiger partial charge is 0.0722 e. The van der Waals surface area contributed by atoms with Crippen molar-refractivity contribution in [1.29, 1.82) is 0 Å². The van der Waals surface area contributed by atoms with Crippen LogP contribution in [0.3, 0.4) is 0 Å². The van der Waals surface area contributed by atoms with E-state index in [1.54, 1.807) is 0 Å². The molecule has 0 spiro atoms. The number of rotatable bonds is 4. The van der Waals surface area contributed by atoms with Gasteiger partial charge < -0.3 is 10.6 Å². The van der Waals surface area contributed by atoms with E-state index in [9.17, 15) is 0 Å². The maximum absolute atomic E-state index is 5.73. The lowest BCUT2D eigenvalue weighted by Crippen LogP contribution is -2.48. The summed E-state index contributed by atoms with van der Waals surface area (Å²) in [5.41, 5.74) is 8.12. The summed E-state index contributed by atoms with van der Waals surface area (Å²) >= 11 is 0. The van der Waals surface area contributed by atoms with Crippen LogP contribution in [0.2, 0.25) is 0 Å². The Bertz CT molecular complexity index is 585. The second kappa shape index (κ2) is 6.41. The van der Waals surface area contributed by atoms with Crippen LogP contribution in [0.4, 0.5) is 5.69 Å². The molecule has 0 aliphatic carbocycles. The van der Waals surface area contributed by atoms with Gasteiger partial charge in [-0.2, -0.15) is 0 Å². The van der Waals surface area contributed by atoms with Crippen LogP contribution in [-0.4, -0.2) is 49.2 Å². The fourth-order valence-corrected chi connectivity index (χ4v) is 3.04. The number of nitrogens with two attached hydrogens (primary N) is 1. The molecule has 0 saturated carbocycles. The first-order valence-corrected chi connectivity index (χ1v) is 7.79. The second-order valence-electron chi connectivity index (χ2n) is 5.98. The minimum absolute atomic E-state index is 0.582. The maximum Gasteiger partial charge on any atom is 0.0722 e. The van der Waals surface area contributed by atoms with E-state index in [1.165, 1.54) is 11.1 Å². The van der Waals surface area contributed by atoms with Crippen molar-refractivity contribution >= 4 is 16.6 Å². The standard InChI is InChI=1S/C17H24N4/c1-14(12-18)13-20-8-10-21(11-9-20)17-6-7-19-16-5-3-2-4-15(16)17/h2-7,14H,8-13,18H2,1H3. The molecule has 4 heteroatoms. The number of aromatic nitrogens is 1. The quantitative estimate of drug-likeness (QED) is 0.932. The number of para-hydroxylation sites is 1. The van der Waals surface area contributed by atoms with E-state index >= 15 is 0 Å². The number of pyridine rings is 1. The van der Waals surface area contributed by atoms with E-state index in [0.717, 1.165) is 44.8 Å². The molecule has 1 aromatic carbocycles. The van der Waals surface area contributed by atoms with Crippen LogP contribution >= 0.6 is 0 Å². The van der Waals surface area contributed by atoms with Crippen molar-refractivity contribution in [1.82, 2.24) is 9.88 Å². The van der Waals surface area contributed by atoms with E-state index in [2.05, 4.69) is 46.0 Å². The number of nitrogens with zero attached hydrogens (tertiary/aromatic N) is 3. The molecule has 2 N–H and O–H groups in total. The van der Waals surface area contributed by atoms with Crippen molar-refractivity contribution in [2.45, 2.75) is 6.92 Å². The number of piperazine rings is 1. The highest BCUT2D eigenvalue weighted by Crippen LogP contribution is 2.26. The first kappa shape index (κ1) is 14.3. The third-order valence-corrected chi connectivity index (χ3v) is 4.31. The lowest BCUT2D eigenvalue weighted by atomic mass is 10.1. The summed E-state index contributed by atoms with van der Waals surface area (Å²) in [6.07, 6.45) is 1.92. The Morgan fingerprint density at radius 3 is 2.67 bits per heavy atom. The lowest BCUT2D eigenvalue weighted by Gasteiger charge is -2.37. The van der Waals surface area contributed by atoms with Gasteiger partial charge in [-0.15, -0.1) is 0 Å². The molecule has 1 saturated heterocycles.